The van der Waals surface area contributed by atoms with Crippen molar-refractivity contribution in [3.05, 3.63) is 29.3 Å². The molecule has 0 aliphatic rings. The lowest BCUT2D eigenvalue weighted by molar-refractivity contribution is -0.142. The Morgan fingerprint density at radius 3 is 2.53 bits per heavy atom. The smallest absolute Gasteiger partial charge is 0.343 e. The van der Waals surface area contributed by atoms with E-state index < -0.39 is 5.97 Å². The summed E-state index contributed by atoms with van der Waals surface area (Å²) in [7, 11) is 1.30. The summed E-state index contributed by atoms with van der Waals surface area (Å²) in [5, 5.41) is 0. The van der Waals surface area contributed by atoms with Gasteiger partial charge in [0.25, 0.3) is 0 Å². The monoisotopic (exact) mass is 236 g/mol. The lowest BCUT2D eigenvalue weighted by Crippen LogP contribution is -2.13. The lowest BCUT2D eigenvalue weighted by atomic mass is 10.1. The standard InChI is InChI=1S/C13H16O4/c1-4-10-5-6-11(9(2)14)7-12(10)17-8-13(15)16-3/h5-7H,4,8H2,1-3H3. The number of rotatable bonds is 5. The zero-order valence-electron chi connectivity index (χ0n) is 10.3. The molecule has 0 saturated carbocycles. The molecule has 1 aromatic carbocycles. The number of esters is 1. The van der Waals surface area contributed by atoms with Gasteiger partial charge in [-0.05, 0) is 25.0 Å². The Labute approximate surface area is 101 Å². The Bertz CT molecular complexity index is 423. The fourth-order valence-corrected chi connectivity index (χ4v) is 1.40. The van der Waals surface area contributed by atoms with E-state index in [9.17, 15) is 9.59 Å². The van der Waals surface area contributed by atoms with Crippen molar-refractivity contribution in [1.29, 1.82) is 0 Å². The van der Waals surface area contributed by atoms with E-state index in [0.29, 0.717) is 11.3 Å². The Morgan fingerprint density at radius 2 is 2.00 bits per heavy atom. The maximum atomic E-state index is 11.2. The first-order valence-electron chi connectivity index (χ1n) is 5.42. The summed E-state index contributed by atoms with van der Waals surface area (Å²) in [5.74, 6) is 0.0847. The van der Waals surface area contributed by atoms with Crippen LogP contribution in [0.3, 0.4) is 0 Å². The third-order valence-corrected chi connectivity index (χ3v) is 2.43. The molecular formula is C13H16O4. The molecule has 0 atom stereocenters. The predicted octanol–water partition coefficient (Wildman–Crippen LogP) is 2.00. The minimum atomic E-state index is -0.444. The van der Waals surface area contributed by atoms with Crippen molar-refractivity contribution in [2.45, 2.75) is 20.3 Å². The van der Waals surface area contributed by atoms with E-state index in [0.717, 1.165) is 12.0 Å². The first kappa shape index (κ1) is 13.2. The molecule has 1 rings (SSSR count). The Hall–Kier alpha value is -1.84. The molecule has 0 aliphatic carbocycles. The van der Waals surface area contributed by atoms with Gasteiger partial charge in [0.2, 0.25) is 0 Å². The number of aryl methyl sites for hydroxylation is 1. The van der Waals surface area contributed by atoms with Crippen molar-refractivity contribution in [1.82, 2.24) is 0 Å². The summed E-state index contributed by atoms with van der Waals surface area (Å²) >= 11 is 0. The second-order valence-electron chi connectivity index (χ2n) is 3.60. The predicted molar refractivity (Wildman–Crippen MR) is 63.3 cm³/mol. The van der Waals surface area contributed by atoms with Crippen molar-refractivity contribution < 1.29 is 19.1 Å². The number of hydrogen-bond donors (Lipinski definition) is 0. The molecule has 0 saturated heterocycles. The summed E-state index contributed by atoms with van der Waals surface area (Å²) < 4.78 is 9.84. The first-order chi connectivity index (χ1) is 8.08. The lowest BCUT2D eigenvalue weighted by Gasteiger charge is -2.10. The van der Waals surface area contributed by atoms with Crippen molar-refractivity contribution in [2.75, 3.05) is 13.7 Å². The molecule has 0 radical (unpaired) electrons. The highest BCUT2D eigenvalue weighted by Crippen LogP contribution is 2.21. The molecule has 0 aromatic heterocycles. The highest BCUT2D eigenvalue weighted by molar-refractivity contribution is 5.94. The molecule has 0 unspecified atom stereocenters. The van der Waals surface area contributed by atoms with Gasteiger partial charge in [-0.25, -0.2) is 4.79 Å². The van der Waals surface area contributed by atoms with E-state index >= 15 is 0 Å². The number of Topliss-reactive ketones (excluding diaryl/α,β-unsaturated/α-hetero) is 1. The zero-order valence-corrected chi connectivity index (χ0v) is 10.3. The minimum absolute atomic E-state index is 0.0319. The fraction of sp³-hybridized carbons (Fsp3) is 0.385. The zero-order chi connectivity index (χ0) is 12.8. The van der Waals surface area contributed by atoms with Crippen molar-refractivity contribution in [3.8, 4) is 5.75 Å². The third-order valence-electron chi connectivity index (χ3n) is 2.43. The van der Waals surface area contributed by atoms with Gasteiger partial charge >= 0.3 is 5.97 Å². The Kier molecular flexibility index (Phi) is 4.69. The van der Waals surface area contributed by atoms with Crippen LogP contribution in [0.15, 0.2) is 18.2 Å². The minimum Gasteiger partial charge on any atom is -0.482 e. The Balaban J connectivity index is 2.90. The molecule has 1 aromatic rings. The highest BCUT2D eigenvalue weighted by atomic mass is 16.6. The van der Waals surface area contributed by atoms with Crippen LogP contribution in [0.2, 0.25) is 0 Å². The number of ketones is 1. The molecule has 0 N–H and O–H groups in total. The Morgan fingerprint density at radius 1 is 1.29 bits per heavy atom. The topological polar surface area (TPSA) is 52.6 Å². The largest absolute Gasteiger partial charge is 0.482 e. The third kappa shape index (κ3) is 3.59. The molecule has 0 bridgehead atoms. The number of hydrogen-bond acceptors (Lipinski definition) is 4. The van der Waals surface area contributed by atoms with Gasteiger partial charge in [-0.3, -0.25) is 4.79 Å². The maximum Gasteiger partial charge on any atom is 0.343 e. The quantitative estimate of drug-likeness (QED) is 0.579. The van der Waals surface area contributed by atoms with Gasteiger partial charge in [0.1, 0.15) is 5.75 Å². The van der Waals surface area contributed by atoms with Gasteiger partial charge in [0.15, 0.2) is 12.4 Å². The van der Waals surface area contributed by atoms with Crippen LogP contribution in [0.25, 0.3) is 0 Å². The average Bonchev–Trinajstić information content (AvgIpc) is 2.35. The summed E-state index contributed by atoms with van der Waals surface area (Å²) in [4.78, 5) is 22.2. The molecule has 92 valence electrons. The molecule has 17 heavy (non-hydrogen) atoms. The normalized spacial score (nSPS) is 9.82. The average molecular weight is 236 g/mol. The van der Waals surface area contributed by atoms with Crippen LogP contribution in [0, 0.1) is 0 Å². The summed E-state index contributed by atoms with van der Waals surface area (Å²) in [6, 6.07) is 5.25. The molecular weight excluding hydrogens is 220 g/mol. The van der Waals surface area contributed by atoms with E-state index in [2.05, 4.69) is 4.74 Å². The van der Waals surface area contributed by atoms with Crippen LogP contribution in [0.5, 0.6) is 5.75 Å². The number of carbonyl (C=O) groups is 2. The van der Waals surface area contributed by atoms with Gasteiger partial charge < -0.3 is 9.47 Å². The highest BCUT2D eigenvalue weighted by Gasteiger charge is 2.09. The maximum absolute atomic E-state index is 11.2. The number of carbonyl (C=O) groups excluding carboxylic acids is 2. The van der Waals surface area contributed by atoms with Crippen LogP contribution < -0.4 is 4.74 Å². The van der Waals surface area contributed by atoms with E-state index in [1.54, 1.807) is 12.1 Å². The summed E-state index contributed by atoms with van der Waals surface area (Å²) in [6.07, 6.45) is 0.773. The van der Waals surface area contributed by atoms with Crippen LogP contribution in [-0.4, -0.2) is 25.5 Å². The molecule has 0 aliphatic heterocycles. The molecule has 4 nitrogen and oxygen atoms in total. The SMILES string of the molecule is CCc1ccc(C(C)=O)cc1OCC(=O)OC. The van der Waals surface area contributed by atoms with E-state index in [-0.39, 0.29) is 12.4 Å². The fourth-order valence-electron chi connectivity index (χ4n) is 1.40. The van der Waals surface area contributed by atoms with Gasteiger partial charge in [-0.2, -0.15) is 0 Å². The van der Waals surface area contributed by atoms with Crippen LogP contribution in [0.1, 0.15) is 29.8 Å². The van der Waals surface area contributed by atoms with E-state index in [4.69, 9.17) is 4.74 Å². The number of methoxy groups -OCH3 is 1. The first-order valence-corrected chi connectivity index (χ1v) is 5.42. The number of benzene rings is 1. The van der Waals surface area contributed by atoms with Gasteiger partial charge in [-0.1, -0.05) is 19.1 Å². The van der Waals surface area contributed by atoms with Crippen molar-refractivity contribution >= 4 is 11.8 Å². The van der Waals surface area contributed by atoms with Crippen LogP contribution >= 0.6 is 0 Å². The van der Waals surface area contributed by atoms with Crippen molar-refractivity contribution in [3.63, 3.8) is 0 Å². The van der Waals surface area contributed by atoms with Gasteiger partial charge in [-0.15, -0.1) is 0 Å². The number of ether oxygens (including phenoxy) is 2. The van der Waals surface area contributed by atoms with Crippen LogP contribution in [-0.2, 0) is 16.0 Å². The molecule has 0 amide bonds. The van der Waals surface area contributed by atoms with E-state index in [1.807, 2.05) is 13.0 Å². The second-order valence-corrected chi connectivity index (χ2v) is 3.60. The molecule has 0 spiro atoms. The van der Waals surface area contributed by atoms with Gasteiger partial charge in [0, 0.05) is 5.56 Å². The van der Waals surface area contributed by atoms with Crippen molar-refractivity contribution in [2.24, 2.45) is 0 Å². The van der Waals surface area contributed by atoms with Crippen LogP contribution in [0.4, 0.5) is 0 Å². The summed E-state index contributed by atoms with van der Waals surface area (Å²) in [6.45, 7) is 3.32. The molecule has 0 fully saturated rings. The molecule has 0 heterocycles. The van der Waals surface area contributed by atoms with E-state index in [1.165, 1.54) is 14.0 Å². The molecule has 4 heteroatoms. The van der Waals surface area contributed by atoms with Gasteiger partial charge in [0.05, 0.1) is 7.11 Å². The second kappa shape index (κ2) is 6.03. The summed E-state index contributed by atoms with van der Waals surface area (Å²) in [5.41, 5.74) is 1.53.